The average Bonchev–Trinajstić information content (AvgIpc) is 4.04. The molecule has 0 spiro atoms. The van der Waals surface area contributed by atoms with Crippen LogP contribution in [0.5, 0.6) is 11.5 Å². The molecule has 7 rings (SSSR count). The number of aryl methyl sites for hydroxylation is 2. The second kappa shape index (κ2) is 14.1. The summed E-state index contributed by atoms with van der Waals surface area (Å²) in [5.74, 6) is -1.80. The van der Waals surface area contributed by atoms with Crippen LogP contribution in [0.2, 0.25) is 0 Å². The van der Waals surface area contributed by atoms with E-state index in [0.717, 1.165) is 35.9 Å². The molecule has 3 aliphatic carbocycles. The number of allylic oxidation sites excluding steroid dienone is 2. The third kappa shape index (κ3) is 7.11. The summed E-state index contributed by atoms with van der Waals surface area (Å²) in [6.45, 7) is 4.41. The van der Waals surface area contributed by atoms with Crippen molar-refractivity contribution >= 4 is 38.6 Å². The zero-order valence-corrected chi connectivity index (χ0v) is 31.0. The molecule has 0 unspecified atom stereocenters. The van der Waals surface area contributed by atoms with E-state index in [0.29, 0.717) is 67.1 Å². The van der Waals surface area contributed by atoms with Crippen molar-refractivity contribution in [3.63, 3.8) is 0 Å². The van der Waals surface area contributed by atoms with Gasteiger partial charge in [-0.1, -0.05) is 18.2 Å². The van der Waals surface area contributed by atoms with Gasteiger partial charge in [-0.05, 0) is 102 Å². The molecule has 4 aliphatic rings. The maximum absolute atomic E-state index is 14.3. The summed E-state index contributed by atoms with van der Waals surface area (Å²) >= 11 is 0. The molecule has 3 amide bonds. The first-order chi connectivity index (χ1) is 24.9. The standard InChI is InChI=1S/C39H47N5O7S/c1-23-11-10-13-31(40-23)32-21-34(28-16-17-33(50-4)24(2)35(28)41-32)51-26-19-29-30(20-26)37(46)44(3)18-9-7-5-6-8-12-25-22-39(25,42-36(29)45)38(47)43-52(48,49)27-14-15-27/h6,8,10-11,13,16-17,21,25-27,29-30H,5,7,9,12,14-15,18-20,22H2,1-4H3,(H,42,45)(H,43,47)/b8-6-/t25-,26-,29-,30-,39-/m1/s1. The minimum atomic E-state index is -3.83. The molecular weight excluding hydrogens is 683 g/mol. The Balaban J connectivity index is 1.21. The van der Waals surface area contributed by atoms with Crippen molar-refractivity contribution in [2.75, 3.05) is 20.7 Å². The van der Waals surface area contributed by atoms with Gasteiger partial charge in [0.05, 0.1) is 41.1 Å². The normalized spacial score (nSPS) is 27.4. The van der Waals surface area contributed by atoms with Crippen molar-refractivity contribution < 1.29 is 32.3 Å². The molecule has 2 aromatic heterocycles. The largest absolute Gasteiger partial charge is 0.496 e. The Hall–Kier alpha value is -4.52. The van der Waals surface area contributed by atoms with E-state index < -0.39 is 50.6 Å². The average molecular weight is 730 g/mol. The first-order valence-corrected chi connectivity index (χ1v) is 19.8. The fourth-order valence-electron chi connectivity index (χ4n) is 7.82. The van der Waals surface area contributed by atoms with Crippen LogP contribution in [0.1, 0.15) is 69.0 Å². The first-order valence-electron chi connectivity index (χ1n) is 18.3. The Labute approximate surface area is 304 Å². The monoisotopic (exact) mass is 729 g/mol. The van der Waals surface area contributed by atoms with Crippen molar-refractivity contribution in [3.05, 3.63) is 59.8 Å². The molecule has 1 aliphatic heterocycles. The third-order valence-electron chi connectivity index (χ3n) is 11.1. The number of pyridine rings is 2. The summed E-state index contributed by atoms with van der Waals surface area (Å²) < 4.78 is 40.3. The van der Waals surface area contributed by atoms with Gasteiger partial charge in [-0.25, -0.2) is 13.4 Å². The van der Waals surface area contributed by atoms with E-state index in [2.05, 4.69) is 16.1 Å². The third-order valence-corrected chi connectivity index (χ3v) is 12.9. The lowest BCUT2D eigenvalue weighted by Gasteiger charge is -2.26. The number of nitrogens with zero attached hydrogens (tertiary/aromatic N) is 3. The highest BCUT2D eigenvalue weighted by Crippen LogP contribution is 2.48. The summed E-state index contributed by atoms with van der Waals surface area (Å²) in [5.41, 5.74) is 2.31. The lowest BCUT2D eigenvalue weighted by Crippen LogP contribution is -2.54. The molecule has 2 N–H and O–H groups in total. The lowest BCUT2D eigenvalue weighted by molar-refractivity contribution is -0.140. The van der Waals surface area contributed by atoms with E-state index in [1.54, 1.807) is 19.1 Å². The van der Waals surface area contributed by atoms with Gasteiger partial charge in [0.15, 0.2) is 0 Å². The van der Waals surface area contributed by atoms with Crippen molar-refractivity contribution in [1.29, 1.82) is 0 Å². The number of nitrogens with one attached hydrogen (secondary N) is 2. The predicted molar refractivity (Wildman–Crippen MR) is 196 cm³/mol. The van der Waals surface area contributed by atoms with E-state index in [9.17, 15) is 22.8 Å². The summed E-state index contributed by atoms with van der Waals surface area (Å²) in [7, 11) is -0.448. The van der Waals surface area contributed by atoms with E-state index in [1.807, 2.05) is 56.3 Å². The maximum Gasteiger partial charge on any atom is 0.259 e. The topological polar surface area (TPSA) is 157 Å². The fraction of sp³-hybridized carbons (Fsp3) is 0.513. The van der Waals surface area contributed by atoms with Crippen molar-refractivity contribution in [3.8, 4) is 22.9 Å². The first kappa shape index (κ1) is 35.9. The molecule has 0 saturated heterocycles. The molecule has 3 fully saturated rings. The number of amides is 3. The van der Waals surface area contributed by atoms with Gasteiger partial charge in [0.25, 0.3) is 5.91 Å². The van der Waals surface area contributed by atoms with Crippen LogP contribution in [0.25, 0.3) is 22.3 Å². The number of hydrogen-bond donors (Lipinski definition) is 2. The van der Waals surface area contributed by atoms with Gasteiger partial charge in [0.1, 0.15) is 23.1 Å². The van der Waals surface area contributed by atoms with Crippen LogP contribution in [-0.4, -0.2) is 78.6 Å². The molecule has 0 radical (unpaired) electrons. The van der Waals surface area contributed by atoms with Crippen LogP contribution in [0.4, 0.5) is 0 Å². The fourth-order valence-corrected chi connectivity index (χ4v) is 9.19. The molecular formula is C39H47N5O7S. The number of methoxy groups -OCH3 is 1. The van der Waals surface area contributed by atoms with Crippen molar-refractivity contribution in [2.45, 2.75) is 88.5 Å². The Kier molecular flexibility index (Phi) is 9.75. The minimum Gasteiger partial charge on any atom is -0.496 e. The summed E-state index contributed by atoms with van der Waals surface area (Å²) in [5, 5.41) is 3.17. The number of sulfonamides is 1. The highest BCUT2D eigenvalue weighted by Gasteiger charge is 2.62. The second-order valence-electron chi connectivity index (χ2n) is 14.9. The van der Waals surface area contributed by atoms with Gasteiger partial charge in [-0.3, -0.25) is 24.1 Å². The molecule has 5 atom stereocenters. The smallest absolute Gasteiger partial charge is 0.259 e. The van der Waals surface area contributed by atoms with E-state index in [-0.39, 0.29) is 18.2 Å². The number of ether oxygens (including phenoxy) is 2. The second-order valence-corrected chi connectivity index (χ2v) is 16.8. The Bertz CT molecular complexity index is 2050. The summed E-state index contributed by atoms with van der Waals surface area (Å²) in [4.78, 5) is 53.4. The number of carbonyl (C=O) groups excluding carboxylic acids is 3. The summed E-state index contributed by atoms with van der Waals surface area (Å²) in [6, 6.07) is 11.4. The van der Waals surface area contributed by atoms with Crippen LogP contribution in [0.15, 0.2) is 48.6 Å². The molecule has 52 heavy (non-hydrogen) atoms. The predicted octanol–water partition coefficient (Wildman–Crippen LogP) is 4.77. The molecule has 3 aromatic rings. The molecule has 3 saturated carbocycles. The number of aromatic nitrogens is 2. The van der Waals surface area contributed by atoms with Gasteiger partial charge in [-0.2, -0.15) is 0 Å². The SMILES string of the molecule is COc1ccc2c(O[C@@H]3C[C@H]4C(=O)N[C@]5(C(=O)NS(=O)(=O)C6CC6)C[C@H]5C/C=C\CCCCN(C)C(=O)[C@@H]4C3)cc(-c3cccc(C)n3)nc2c1C. The molecule has 0 bridgehead atoms. The number of fused-ring (bicyclic) bond motifs is 3. The molecule has 1 aromatic carbocycles. The van der Waals surface area contributed by atoms with E-state index in [1.165, 1.54) is 0 Å². The molecule has 3 heterocycles. The van der Waals surface area contributed by atoms with E-state index >= 15 is 0 Å². The van der Waals surface area contributed by atoms with Gasteiger partial charge >= 0.3 is 0 Å². The van der Waals surface area contributed by atoms with Crippen LogP contribution >= 0.6 is 0 Å². The lowest BCUT2D eigenvalue weighted by atomic mass is 9.93. The number of carbonyl (C=O) groups is 3. The van der Waals surface area contributed by atoms with Crippen LogP contribution in [0.3, 0.4) is 0 Å². The van der Waals surface area contributed by atoms with Crippen LogP contribution < -0.4 is 19.5 Å². The molecule has 13 heteroatoms. The maximum atomic E-state index is 14.3. The van der Waals surface area contributed by atoms with E-state index in [4.69, 9.17) is 19.4 Å². The zero-order chi connectivity index (χ0) is 36.8. The Morgan fingerprint density at radius 1 is 1.00 bits per heavy atom. The van der Waals surface area contributed by atoms with Gasteiger partial charge < -0.3 is 19.7 Å². The summed E-state index contributed by atoms with van der Waals surface area (Å²) in [6.07, 6.45) is 8.48. The van der Waals surface area contributed by atoms with Gasteiger partial charge in [0, 0.05) is 36.3 Å². The van der Waals surface area contributed by atoms with Crippen LogP contribution in [0, 0.1) is 31.6 Å². The highest BCUT2D eigenvalue weighted by molar-refractivity contribution is 7.91. The van der Waals surface area contributed by atoms with Crippen molar-refractivity contribution in [2.24, 2.45) is 17.8 Å². The zero-order valence-electron chi connectivity index (χ0n) is 30.2. The van der Waals surface area contributed by atoms with Crippen LogP contribution in [-0.2, 0) is 24.4 Å². The minimum absolute atomic E-state index is 0.149. The highest BCUT2D eigenvalue weighted by atomic mass is 32.2. The molecule has 12 nitrogen and oxygen atoms in total. The van der Waals surface area contributed by atoms with Gasteiger partial charge in [-0.15, -0.1) is 0 Å². The Morgan fingerprint density at radius 3 is 2.54 bits per heavy atom. The molecule has 276 valence electrons. The van der Waals surface area contributed by atoms with Gasteiger partial charge in [0.2, 0.25) is 21.8 Å². The number of hydrogen-bond acceptors (Lipinski definition) is 9. The Morgan fingerprint density at radius 2 is 1.79 bits per heavy atom. The quantitative estimate of drug-likeness (QED) is 0.327. The van der Waals surface area contributed by atoms with Crippen molar-refractivity contribution in [1.82, 2.24) is 24.9 Å². The number of rotatable bonds is 7. The number of benzene rings is 1.